The lowest BCUT2D eigenvalue weighted by Crippen LogP contribution is -2.56. The fourth-order valence-corrected chi connectivity index (χ4v) is 2.82. The Bertz CT molecular complexity index is 771. The Morgan fingerprint density at radius 1 is 1.40 bits per heavy atom. The Labute approximate surface area is 144 Å². The molecule has 0 saturated carbocycles. The number of halogens is 2. The number of fused-ring (bicyclic) bond motifs is 1. The van der Waals surface area contributed by atoms with Crippen LogP contribution in [0.5, 0.6) is 0 Å². The first-order valence-corrected chi connectivity index (χ1v) is 8.04. The number of hydrogen-bond acceptors (Lipinski definition) is 5. The van der Waals surface area contributed by atoms with Crippen LogP contribution in [0.15, 0.2) is 24.5 Å². The fraction of sp³-hybridized carbons (Fsp3) is 0.562. The van der Waals surface area contributed by atoms with Crippen molar-refractivity contribution in [3.8, 4) is 0 Å². The zero-order valence-electron chi connectivity index (χ0n) is 14.4. The van der Waals surface area contributed by atoms with Crippen LogP contribution in [0.25, 0.3) is 5.65 Å². The Hall–Kier alpha value is -2.45. The van der Waals surface area contributed by atoms with Crippen molar-refractivity contribution in [1.82, 2.24) is 19.9 Å². The summed E-state index contributed by atoms with van der Waals surface area (Å²) < 4.78 is 35.0. The SMILES string of the molecule is CC(C)(C)OC(=O)N[C@H]1CN(c2ccn3nccc3n2)CC(F)(F)C1. The Kier molecular flexibility index (Phi) is 4.26. The van der Waals surface area contributed by atoms with Gasteiger partial charge in [-0.3, -0.25) is 0 Å². The van der Waals surface area contributed by atoms with Gasteiger partial charge in [0.05, 0.1) is 18.8 Å². The summed E-state index contributed by atoms with van der Waals surface area (Å²) in [5.41, 5.74) is -0.113. The zero-order chi connectivity index (χ0) is 18.2. The molecule has 1 atom stereocenters. The van der Waals surface area contributed by atoms with Gasteiger partial charge in [0.15, 0.2) is 5.65 Å². The molecular formula is C16H21F2N5O2. The number of alkyl halides is 2. The maximum Gasteiger partial charge on any atom is 0.407 e. The van der Waals surface area contributed by atoms with Gasteiger partial charge < -0.3 is 15.0 Å². The van der Waals surface area contributed by atoms with E-state index in [4.69, 9.17) is 4.74 Å². The summed E-state index contributed by atoms with van der Waals surface area (Å²) >= 11 is 0. The highest BCUT2D eigenvalue weighted by atomic mass is 19.3. The number of alkyl carbamates (subject to hydrolysis) is 1. The van der Waals surface area contributed by atoms with E-state index in [1.165, 1.54) is 4.90 Å². The quantitative estimate of drug-likeness (QED) is 0.898. The summed E-state index contributed by atoms with van der Waals surface area (Å²) in [6.07, 6.45) is 2.12. The molecule has 0 aliphatic carbocycles. The van der Waals surface area contributed by atoms with Crippen LogP contribution < -0.4 is 10.2 Å². The van der Waals surface area contributed by atoms with Gasteiger partial charge in [-0.1, -0.05) is 0 Å². The second-order valence-corrected chi connectivity index (χ2v) is 7.20. The van der Waals surface area contributed by atoms with E-state index in [-0.39, 0.29) is 6.54 Å². The van der Waals surface area contributed by atoms with E-state index in [0.717, 1.165) is 0 Å². The molecule has 1 N–H and O–H groups in total. The average Bonchev–Trinajstić information content (AvgIpc) is 2.90. The Balaban J connectivity index is 1.75. The van der Waals surface area contributed by atoms with E-state index < -0.39 is 36.6 Å². The summed E-state index contributed by atoms with van der Waals surface area (Å²) in [5.74, 6) is -2.52. The van der Waals surface area contributed by atoms with E-state index in [2.05, 4.69) is 15.4 Å². The number of carbonyl (C=O) groups is 1. The molecule has 1 saturated heterocycles. The standard InChI is InChI=1S/C16H21F2N5O2/c1-15(2,3)25-14(24)20-11-8-16(17,18)10-22(9-11)12-5-7-23-13(21-12)4-6-19-23/h4-7,11H,8-10H2,1-3H3,(H,20,24)/t11-/m1/s1. The Morgan fingerprint density at radius 2 is 2.16 bits per heavy atom. The number of aromatic nitrogens is 3. The summed E-state index contributed by atoms with van der Waals surface area (Å²) in [6.45, 7) is 4.94. The van der Waals surface area contributed by atoms with Gasteiger partial charge in [0, 0.05) is 25.2 Å². The third-order valence-electron chi connectivity index (χ3n) is 3.70. The maximum absolute atomic E-state index is 14.2. The molecule has 2 aromatic rings. The van der Waals surface area contributed by atoms with Crippen molar-refractivity contribution in [3.05, 3.63) is 24.5 Å². The molecule has 3 heterocycles. The largest absolute Gasteiger partial charge is 0.444 e. The van der Waals surface area contributed by atoms with Crippen molar-refractivity contribution in [1.29, 1.82) is 0 Å². The highest BCUT2D eigenvalue weighted by Crippen LogP contribution is 2.29. The third kappa shape index (κ3) is 4.34. The smallest absolute Gasteiger partial charge is 0.407 e. The van der Waals surface area contributed by atoms with Gasteiger partial charge in [0.2, 0.25) is 0 Å². The zero-order valence-corrected chi connectivity index (χ0v) is 14.4. The second-order valence-electron chi connectivity index (χ2n) is 7.20. The molecule has 3 rings (SSSR count). The summed E-state index contributed by atoms with van der Waals surface area (Å²) in [7, 11) is 0. The lowest BCUT2D eigenvalue weighted by Gasteiger charge is -2.38. The number of anilines is 1. The molecule has 0 radical (unpaired) electrons. The van der Waals surface area contributed by atoms with E-state index in [9.17, 15) is 13.6 Å². The number of nitrogens with one attached hydrogen (secondary N) is 1. The molecule has 1 amide bonds. The molecule has 1 aliphatic rings. The third-order valence-corrected chi connectivity index (χ3v) is 3.70. The van der Waals surface area contributed by atoms with Gasteiger partial charge in [0.25, 0.3) is 5.92 Å². The molecule has 0 bridgehead atoms. The number of carbonyl (C=O) groups excluding carboxylic acids is 1. The van der Waals surface area contributed by atoms with E-state index in [0.29, 0.717) is 11.5 Å². The highest BCUT2D eigenvalue weighted by molar-refractivity contribution is 5.68. The molecule has 9 heteroatoms. The van der Waals surface area contributed by atoms with Gasteiger partial charge in [0.1, 0.15) is 11.4 Å². The van der Waals surface area contributed by atoms with Gasteiger partial charge in [-0.2, -0.15) is 5.10 Å². The van der Waals surface area contributed by atoms with Gasteiger partial charge in [-0.25, -0.2) is 23.1 Å². The van der Waals surface area contributed by atoms with Crippen molar-refractivity contribution < 1.29 is 18.3 Å². The van der Waals surface area contributed by atoms with Crippen LogP contribution in [0, 0.1) is 0 Å². The molecular weight excluding hydrogens is 332 g/mol. The molecule has 0 unspecified atom stereocenters. The molecule has 136 valence electrons. The molecule has 1 fully saturated rings. The van der Waals surface area contributed by atoms with Crippen molar-refractivity contribution in [2.45, 2.75) is 44.8 Å². The monoisotopic (exact) mass is 353 g/mol. The Morgan fingerprint density at radius 3 is 2.88 bits per heavy atom. The van der Waals surface area contributed by atoms with Gasteiger partial charge >= 0.3 is 6.09 Å². The number of hydrogen-bond donors (Lipinski definition) is 1. The van der Waals surface area contributed by atoms with Crippen LogP contribution in [-0.4, -0.2) is 51.3 Å². The highest BCUT2D eigenvalue weighted by Gasteiger charge is 2.41. The summed E-state index contributed by atoms with van der Waals surface area (Å²) in [5, 5.41) is 6.57. The van der Waals surface area contributed by atoms with Crippen molar-refractivity contribution in [2.24, 2.45) is 0 Å². The predicted octanol–water partition coefficient (Wildman–Crippen LogP) is 2.47. The number of nitrogens with zero attached hydrogens (tertiary/aromatic N) is 4. The van der Waals surface area contributed by atoms with Crippen molar-refractivity contribution in [3.63, 3.8) is 0 Å². The number of ether oxygens (including phenoxy) is 1. The van der Waals surface area contributed by atoms with E-state index in [1.807, 2.05) is 0 Å². The molecule has 1 aliphatic heterocycles. The van der Waals surface area contributed by atoms with Crippen molar-refractivity contribution >= 4 is 17.6 Å². The lowest BCUT2D eigenvalue weighted by atomic mass is 10.0. The van der Waals surface area contributed by atoms with Crippen LogP contribution in [0.1, 0.15) is 27.2 Å². The summed E-state index contributed by atoms with van der Waals surface area (Å²) in [4.78, 5) is 17.7. The molecule has 25 heavy (non-hydrogen) atoms. The topological polar surface area (TPSA) is 71.8 Å². The fourth-order valence-electron chi connectivity index (χ4n) is 2.82. The predicted molar refractivity (Wildman–Crippen MR) is 87.9 cm³/mol. The number of rotatable bonds is 2. The van der Waals surface area contributed by atoms with Crippen LogP contribution in [-0.2, 0) is 4.74 Å². The van der Waals surface area contributed by atoms with Gasteiger partial charge in [-0.05, 0) is 26.8 Å². The van der Waals surface area contributed by atoms with E-state index in [1.54, 1.807) is 49.8 Å². The second kappa shape index (κ2) is 6.12. The summed E-state index contributed by atoms with van der Waals surface area (Å²) in [6, 6.07) is 2.59. The number of amides is 1. The molecule has 7 nitrogen and oxygen atoms in total. The minimum Gasteiger partial charge on any atom is -0.444 e. The van der Waals surface area contributed by atoms with Gasteiger partial charge in [-0.15, -0.1) is 0 Å². The average molecular weight is 353 g/mol. The van der Waals surface area contributed by atoms with Crippen molar-refractivity contribution in [2.75, 3.05) is 18.0 Å². The molecule has 2 aromatic heterocycles. The van der Waals surface area contributed by atoms with Crippen LogP contribution in [0.2, 0.25) is 0 Å². The molecule has 0 aromatic carbocycles. The normalized spacial score (nSPS) is 20.5. The van der Waals surface area contributed by atoms with Crippen LogP contribution in [0.4, 0.5) is 19.4 Å². The number of piperidine rings is 1. The first-order chi connectivity index (χ1) is 11.6. The minimum absolute atomic E-state index is 0.228. The first kappa shape index (κ1) is 17.4. The molecule has 0 spiro atoms. The minimum atomic E-state index is -2.94. The van der Waals surface area contributed by atoms with Crippen LogP contribution >= 0.6 is 0 Å². The maximum atomic E-state index is 14.2. The first-order valence-electron chi connectivity index (χ1n) is 8.04. The van der Waals surface area contributed by atoms with E-state index >= 15 is 0 Å². The lowest BCUT2D eigenvalue weighted by molar-refractivity contribution is -0.0231. The van der Waals surface area contributed by atoms with Crippen LogP contribution in [0.3, 0.4) is 0 Å².